The van der Waals surface area contributed by atoms with Crippen molar-refractivity contribution in [1.82, 2.24) is 20.3 Å². The molecular weight excluding hydrogens is 280 g/mol. The van der Waals surface area contributed by atoms with Crippen LogP contribution in [-0.2, 0) is 13.6 Å². The fourth-order valence-electron chi connectivity index (χ4n) is 1.78. The van der Waals surface area contributed by atoms with E-state index in [0.29, 0.717) is 0 Å². The van der Waals surface area contributed by atoms with E-state index in [1.807, 2.05) is 19.2 Å². The number of aromatic nitrogens is 3. The zero-order chi connectivity index (χ0) is 12.3. The fourth-order valence-corrected chi connectivity index (χ4v) is 2.32. The summed E-state index contributed by atoms with van der Waals surface area (Å²) in [4.78, 5) is 0. The summed E-state index contributed by atoms with van der Waals surface area (Å²) in [7, 11) is 1.90. The largest absolute Gasteiger partial charge is 0.313 e. The summed E-state index contributed by atoms with van der Waals surface area (Å²) in [5.74, 6) is 0. The van der Waals surface area contributed by atoms with Crippen molar-refractivity contribution in [3.63, 3.8) is 0 Å². The first-order valence-electron chi connectivity index (χ1n) is 5.58. The number of hydrogen-bond acceptors (Lipinski definition) is 3. The van der Waals surface area contributed by atoms with E-state index in [1.54, 1.807) is 4.68 Å². The topological polar surface area (TPSA) is 42.7 Å². The molecule has 1 aromatic heterocycles. The number of hydrogen-bond donors (Lipinski definition) is 1. The summed E-state index contributed by atoms with van der Waals surface area (Å²) in [6.07, 6.45) is 0. The molecule has 0 saturated heterocycles. The minimum absolute atomic E-state index is 0.781. The quantitative estimate of drug-likeness (QED) is 0.941. The van der Waals surface area contributed by atoms with Crippen molar-refractivity contribution >= 4 is 15.9 Å². The van der Waals surface area contributed by atoms with Crippen molar-refractivity contribution in [2.75, 3.05) is 6.54 Å². The maximum absolute atomic E-state index is 4.02. The van der Waals surface area contributed by atoms with Gasteiger partial charge in [0.1, 0.15) is 5.69 Å². The zero-order valence-corrected chi connectivity index (χ0v) is 11.5. The molecule has 1 N–H and O–H groups in total. The van der Waals surface area contributed by atoms with Gasteiger partial charge >= 0.3 is 0 Å². The van der Waals surface area contributed by atoms with E-state index in [-0.39, 0.29) is 0 Å². The molecule has 90 valence electrons. The SMILES string of the molecule is CCNCc1ccccc1-c1c(Br)nnn1C. The molecule has 2 aromatic rings. The maximum Gasteiger partial charge on any atom is 0.156 e. The van der Waals surface area contributed by atoms with Gasteiger partial charge in [-0.25, -0.2) is 4.68 Å². The van der Waals surface area contributed by atoms with E-state index in [2.05, 4.69) is 50.6 Å². The van der Waals surface area contributed by atoms with Crippen molar-refractivity contribution in [3.8, 4) is 11.3 Å². The Morgan fingerprint density at radius 1 is 1.35 bits per heavy atom. The molecule has 4 nitrogen and oxygen atoms in total. The second kappa shape index (κ2) is 5.42. The third-order valence-corrected chi connectivity index (χ3v) is 3.16. The molecule has 0 atom stereocenters. The average molecular weight is 295 g/mol. The third kappa shape index (κ3) is 2.56. The van der Waals surface area contributed by atoms with E-state index < -0.39 is 0 Å². The highest BCUT2D eigenvalue weighted by atomic mass is 79.9. The first-order chi connectivity index (χ1) is 8.24. The molecule has 0 saturated carbocycles. The lowest BCUT2D eigenvalue weighted by Crippen LogP contribution is -2.12. The van der Waals surface area contributed by atoms with Gasteiger partial charge in [0.2, 0.25) is 0 Å². The van der Waals surface area contributed by atoms with E-state index in [0.717, 1.165) is 29.0 Å². The van der Waals surface area contributed by atoms with Crippen LogP contribution in [0, 0.1) is 0 Å². The molecule has 2 rings (SSSR count). The molecule has 0 fully saturated rings. The van der Waals surface area contributed by atoms with Crippen LogP contribution in [0.1, 0.15) is 12.5 Å². The van der Waals surface area contributed by atoms with Gasteiger partial charge in [-0.1, -0.05) is 36.4 Å². The summed E-state index contributed by atoms with van der Waals surface area (Å²) in [6, 6.07) is 8.30. The molecule has 5 heteroatoms. The molecule has 1 heterocycles. The molecule has 0 unspecified atom stereocenters. The van der Waals surface area contributed by atoms with Crippen molar-refractivity contribution in [3.05, 3.63) is 34.4 Å². The highest BCUT2D eigenvalue weighted by Crippen LogP contribution is 2.28. The predicted octanol–water partition coefficient (Wildman–Crippen LogP) is 2.35. The van der Waals surface area contributed by atoms with Gasteiger partial charge < -0.3 is 5.32 Å². The van der Waals surface area contributed by atoms with Crippen molar-refractivity contribution in [2.24, 2.45) is 7.05 Å². The minimum Gasteiger partial charge on any atom is -0.313 e. The van der Waals surface area contributed by atoms with Gasteiger partial charge in [-0.05, 0) is 28.0 Å². The maximum atomic E-state index is 4.02. The number of rotatable bonds is 4. The minimum atomic E-state index is 0.781. The normalized spacial score (nSPS) is 10.8. The molecule has 17 heavy (non-hydrogen) atoms. The van der Waals surface area contributed by atoms with E-state index in [9.17, 15) is 0 Å². The van der Waals surface area contributed by atoms with Crippen LogP contribution in [0.3, 0.4) is 0 Å². The van der Waals surface area contributed by atoms with Gasteiger partial charge in [-0.2, -0.15) is 0 Å². The van der Waals surface area contributed by atoms with Gasteiger partial charge in [-0.3, -0.25) is 0 Å². The smallest absolute Gasteiger partial charge is 0.156 e. The molecule has 0 spiro atoms. The summed E-state index contributed by atoms with van der Waals surface area (Å²) in [5.41, 5.74) is 3.42. The zero-order valence-electron chi connectivity index (χ0n) is 9.94. The molecule has 0 aliphatic carbocycles. The van der Waals surface area contributed by atoms with Crippen molar-refractivity contribution in [2.45, 2.75) is 13.5 Å². The van der Waals surface area contributed by atoms with Crippen LogP contribution >= 0.6 is 15.9 Å². The second-order valence-electron chi connectivity index (χ2n) is 3.79. The van der Waals surface area contributed by atoms with Gasteiger partial charge in [0.05, 0.1) is 0 Å². The highest BCUT2D eigenvalue weighted by Gasteiger charge is 2.13. The average Bonchev–Trinajstić information content (AvgIpc) is 2.67. The molecule has 0 aliphatic heterocycles. The standard InChI is InChI=1S/C12H15BrN4/c1-3-14-8-9-6-4-5-7-10(9)11-12(13)15-16-17(11)2/h4-7,14H,3,8H2,1-2H3. The lowest BCUT2D eigenvalue weighted by molar-refractivity contribution is 0.712. The summed E-state index contributed by atoms with van der Waals surface area (Å²) >= 11 is 3.44. The Kier molecular flexibility index (Phi) is 3.91. The van der Waals surface area contributed by atoms with Crippen LogP contribution < -0.4 is 5.32 Å². The van der Waals surface area contributed by atoms with Crippen LogP contribution in [0.25, 0.3) is 11.3 Å². The summed E-state index contributed by atoms with van der Waals surface area (Å²) in [5, 5.41) is 11.4. The van der Waals surface area contributed by atoms with Crippen LogP contribution in [0.15, 0.2) is 28.9 Å². The highest BCUT2D eigenvalue weighted by molar-refractivity contribution is 9.10. The van der Waals surface area contributed by atoms with Crippen molar-refractivity contribution in [1.29, 1.82) is 0 Å². The van der Waals surface area contributed by atoms with Crippen LogP contribution in [0.4, 0.5) is 0 Å². The number of aryl methyl sites for hydroxylation is 1. The second-order valence-corrected chi connectivity index (χ2v) is 4.54. The predicted molar refractivity (Wildman–Crippen MR) is 71.5 cm³/mol. The van der Waals surface area contributed by atoms with E-state index >= 15 is 0 Å². The number of benzene rings is 1. The van der Waals surface area contributed by atoms with Crippen LogP contribution in [0.2, 0.25) is 0 Å². The molecule has 0 aliphatic rings. The lowest BCUT2D eigenvalue weighted by atomic mass is 10.0. The molecular formula is C12H15BrN4. The number of nitrogens with zero attached hydrogens (tertiary/aromatic N) is 3. The van der Waals surface area contributed by atoms with Gasteiger partial charge in [0.15, 0.2) is 4.60 Å². The first kappa shape index (κ1) is 12.3. The van der Waals surface area contributed by atoms with E-state index in [4.69, 9.17) is 0 Å². The Morgan fingerprint density at radius 3 is 2.76 bits per heavy atom. The number of halogens is 1. The summed E-state index contributed by atoms with van der Waals surface area (Å²) < 4.78 is 2.57. The monoisotopic (exact) mass is 294 g/mol. The number of nitrogens with one attached hydrogen (secondary N) is 1. The van der Waals surface area contributed by atoms with Crippen LogP contribution in [-0.4, -0.2) is 21.5 Å². The Morgan fingerprint density at radius 2 is 2.12 bits per heavy atom. The van der Waals surface area contributed by atoms with Crippen LogP contribution in [0.5, 0.6) is 0 Å². The molecule has 1 aromatic carbocycles. The van der Waals surface area contributed by atoms with E-state index in [1.165, 1.54) is 5.56 Å². The summed E-state index contributed by atoms with van der Waals surface area (Å²) in [6.45, 7) is 3.91. The Labute approximate surface area is 109 Å². The Bertz CT molecular complexity index is 487. The van der Waals surface area contributed by atoms with Gasteiger partial charge in [-0.15, -0.1) is 5.10 Å². The fraction of sp³-hybridized carbons (Fsp3) is 0.333. The van der Waals surface area contributed by atoms with Gasteiger partial charge in [0.25, 0.3) is 0 Å². The molecule has 0 amide bonds. The van der Waals surface area contributed by atoms with Crippen molar-refractivity contribution < 1.29 is 0 Å². The Hall–Kier alpha value is -1.20. The third-order valence-electron chi connectivity index (χ3n) is 2.62. The van der Waals surface area contributed by atoms with Gasteiger partial charge in [0, 0.05) is 19.2 Å². The molecule has 0 radical (unpaired) electrons. The Balaban J connectivity index is 2.44. The first-order valence-corrected chi connectivity index (χ1v) is 6.37. The lowest BCUT2D eigenvalue weighted by Gasteiger charge is -2.09. The molecule has 0 bridgehead atoms.